The minimum Gasteiger partial charge on any atom is -0.267 e. The van der Waals surface area contributed by atoms with Crippen molar-refractivity contribution in [1.82, 2.24) is 5.43 Å². The van der Waals surface area contributed by atoms with E-state index >= 15 is 0 Å². The number of carbonyl (C=O) groups excluding carboxylic acids is 1. The van der Waals surface area contributed by atoms with Crippen LogP contribution in [0.4, 0.5) is 0 Å². The molecule has 118 valence electrons. The highest BCUT2D eigenvalue weighted by molar-refractivity contribution is 6.30. The standard InChI is InChI=1S/C19H14ClN3O/c20-15-8-5-13(6-9-15)12-22-23-19(24)18(11-21)17-10-7-14-3-1-2-4-16(14)17/h1-6,8-9,12H,7,10H2,(H,23,24)/b18-17+,22-12+. The number of nitrogens with one attached hydrogen (secondary N) is 1. The maximum atomic E-state index is 12.3. The highest BCUT2D eigenvalue weighted by Gasteiger charge is 2.22. The molecule has 24 heavy (non-hydrogen) atoms. The minimum absolute atomic E-state index is 0.119. The Morgan fingerprint density at radius 1 is 1.17 bits per heavy atom. The van der Waals surface area contributed by atoms with Crippen LogP contribution < -0.4 is 5.43 Å². The van der Waals surface area contributed by atoms with Crippen LogP contribution in [-0.4, -0.2) is 12.1 Å². The number of allylic oxidation sites excluding steroid dienone is 1. The lowest BCUT2D eigenvalue weighted by atomic mass is 10.0. The van der Waals surface area contributed by atoms with Crippen molar-refractivity contribution in [3.8, 4) is 6.07 Å². The van der Waals surface area contributed by atoms with Crippen LogP contribution in [0.5, 0.6) is 0 Å². The van der Waals surface area contributed by atoms with Crippen molar-refractivity contribution >= 4 is 29.3 Å². The Balaban J connectivity index is 1.77. The number of aryl methyl sites for hydroxylation is 1. The molecular weight excluding hydrogens is 322 g/mol. The Hall–Kier alpha value is -2.90. The van der Waals surface area contributed by atoms with Gasteiger partial charge in [-0.15, -0.1) is 0 Å². The number of rotatable bonds is 3. The molecule has 4 nitrogen and oxygen atoms in total. The summed E-state index contributed by atoms with van der Waals surface area (Å²) in [5.74, 6) is -0.491. The molecule has 5 heteroatoms. The normalized spacial score (nSPS) is 15.0. The van der Waals surface area contributed by atoms with Crippen molar-refractivity contribution < 1.29 is 4.79 Å². The summed E-state index contributed by atoms with van der Waals surface area (Å²) in [6.45, 7) is 0. The Morgan fingerprint density at radius 3 is 2.67 bits per heavy atom. The molecule has 0 saturated carbocycles. The SMILES string of the molecule is N#C/C(C(=O)N/N=C/c1ccc(Cl)cc1)=C1/CCc2ccccc21. The number of nitrogens with zero attached hydrogens (tertiary/aromatic N) is 2. The van der Waals surface area contributed by atoms with E-state index in [0.717, 1.165) is 28.7 Å². The van der Waals surface area contributed by atoms with Crippen LogP contribution in [0.25, 0.3) is 5.57 Å². The Labute approximate surface area is 145 Å². The molecule has 0 heterocycles. The molecule has 0 unspecified atom stereocenters. The molecule has 2 aromatic carbocycles. The van der Waals surface area contributed by atoms with Crippen molar-refractivity contribution in [2.24, 2.45) is 5.10 Å². The van der Waals surface area contributed by atoms with Gasteiger partial charge in [-0.3, -0.25) is 4.79 Å². The van der Waals surface area contributed by atoms with E-state index in [1.165, 1.54) is 6.21 Å². The lowest BCUT2D eigenvalue weighted by Crippen LogP contribution is -2.20. The quantitative estimate of drug-likeness (QED) is 0.402. The van der Waals surface area contributed by atoms with E-state index in [1.54, 1.807) is 24.3 Å². The predicted octanol–water partition coefficient (Wildman–Crippen LogP) is 3.71. The molecule has 1 aliphatic rings. The summed E-state index contributed by atoms with van der Waals surface area (Å²) in [7, 11) is 0. The van der Waals surface area contributed by atoms with Gasteiger partial charge in [0.2, 0.25) is 0 Å². The molecule has 1 aliphatic carbocycles. The Bertz CT molecular complexity index is 876. The highest BCUT2D eigenvalue weighted by Crippen LogP contribution is 2.34. The first-order valence-electron chi connectivity index (χ1n) is 7.49. The van der Waals surface area contributed by atoms with Gasteiger partial charge in [0.1, 0.15) is 11.6 Å². The van der Waals surface area contributed by atoms with E-state index in [0.29, 0.717) is 11.4 Å². The molecule has 0 fully saturated rings. The molecular formula is C19H14ClN3O. The second-order valence-corrected chi connectivity index (χ2v) is 5.81. The van der Waals surface area contributed by atoms with Crippen LogP contribution in [-0.2, 0) is 11.2 Å². The van der Waals surface area contributed by atoms with Crippen LogP contribution in [0.1, 0.15) is 23.1 Å². The summed E-state index contributed by atoms with van der Waals surface area (Å²) in [4.78, 5) is 12.3. The summed E-state index contributed by atoms with van der Waals surface area (Å²) >= 11 is 5.81. The van der Waals surface area contributed by atoms with Gasteiger partial charge in [0.15, 0.2) is 0 Å². The van der Waals surface area contributed by atoms with Gasteiger partial charge in [0, 0.05) is 5.02 Å². The monoisotopic (exact) mass is 335 g/mol. The number of carbonyl (C=O) groups is 1. The first-order valence-corrected chi connectivity index (χ1v) is 7.87. The first kappa shape index (κ1) is 16.0. The van der Waals surface area contributed by atoms with Crippen molar-refractivity contribution in [2.75, 3.05) is 0 Å². The summed E-state index contributed by atoms with van der Waals surface area (Å²) < 4.78 is 0. The molecule has 2 aromatic rings. The van der Waals surface area contributed by atoms with Crippen LogP contribution >= 0.6 is 11.6 Å². The third kappa shape index (κ3) is 3.37. The lowest BCUT2D eigenvalue weighted by Gasteiger charge is -2.04. The van der Waals surface area contributed by atoms with E-state index in [1.807, 2.05) is 30.3 Å². The summed E-state index contributed by atoms with van der Waals surface area (Å²) in [5.41, 5.74) is 6.27. The van der Waals surface area contributed by atoms with Gasteiger partial charge in [-0.2, -0.15) is 10.4 Å². The number of hydrogen-bond donors (Lipinski definition) is 1. The first-order chi connectivity index (χ1) is 11.7. The number of benzene rings is 2. The third-order valence-electron chi connectivity index (χ3n) is 3.88. The highest BCUT2D eigenvalue weighted by atomic mass is 35.5. The van der Waals surface area contributed by atoms with Gasteiger partial charge in [-0.05, 0) is 47.2 Å². The van der Waals surface area contributed by atoms with Gasteiger partial charge < -0.3 is 0 Å². The molecule has 1 N–H and O–H groups in total. The molecule has 0 atom stereocenters. The Kier molecular flexibility index (Phi) is 4.74. The number of amides is 1. The summed E-state index contributed by atoms with van der Waals surface area (Å²) in [6.07, 6.45) is 3.05. The van der Waals surface area contributed by atoms with Gasteiger partial charge in [-0.25, -0.2) is 5.43 Å². The topological polar surface area (TPSA) is 65.2 Å². The van der Waals surface area contributed by atoms with Crippen molar-refractivity contribution in [3.63, 3.8) is 0 Å². The van der Waals surface area contributed by atoms with Gasteiger partial charge >= 0.3 is 0 Å². The zero-order valence-corrected chi connectivity index (χ0v) is 13.5. The predicted molar refractivity (Wildman–Crippen MR) is 94.5 cm³/mol. The number of hydrazone groups is 1. The van der Waals surface area contributed by atoms with E-state index in [9.17, 15) is 10.1 Å². The molecule has 0 saturated heterocycles. The van der Waals surface area contributed by atoms with Gasteiger partial charge in [-0.1, -0.05) is 48.0 Å². The number of fused-ring (bicyclic) bond motifs is 1. The molecule has 1 amide bonds. The molecule has 0 radical (unpaired) electrons. The zero-order valence-electron chi connectivity index (χ0n) is 12.8. The molecule has 0 aliphatic heterocycles. The fourth-order valence-electron chi connectivity index (χ4n) is 2.71. The van der Waals surface area contributed by atoms with Crippen molar-refractivity contribution in [3.05, 3.63) is 75.8 Å². The smallest absolute Gasteiger partial charge is 0.267 e. The average molecular weight is 336 g/mol. The number of hydrogen-bond acceptors (Lipinski definition) is 3. The largest absolute Gasteiger partial charge is 0.282 e. The van der Waals surface area contributed by atoms with Gasteiger partial charge in [0.05, 0.1) is 6.21 Å². The maximum absolute atomic E-state index is 12.3. The summed E-state index contributed by atoms with van der Waals surface area (Å²) in [5, 5.41) is 13.9. The molecule has 0 spiro atoms. The molecule has 0 bridgehead atoms. The van der Waals surface area contributed by atoms with Crippen LogP contribution in [0, 0.1) is 11.3 Å². The minimum atomic E-state index is -0.491. The molecule has 3 rings (SSSR count). The second kappa shape index (κ2) is 7.12. The maximum Gasteiger partial charge on any atom is 0.282 e. The van der Waals surface area contributed by atoms with E-state index in [-0.39, 0.29) is 5.57 Å². The number of nitriles is 1. The fourth-order valence-corrected chi connectivity index (χ4v) is 2.84. The Morgan fingerprint density at radius 2 is 1.92 bits per heavy atom. The van der Waals surface area contributed by atoms with Crippen molar-refractivity contribution in [1.29, 1.82) is 5.26 Å². The second-order valence-electron chi connectivity index (χ2n) is 5.37. The zero-order chi connectivity index (χ0) is 16.9. The third-order valence-corrected chi connectivity index (χ3v) is 4.13. The van der Waals surface area contributed by atoms with E-state index in [2.05, 4.69) is 10.5 Å². The van der Waals surface area contributed by atoms with Crippen LogP contribution in [0.3, 0.4) is 0 Å². The summed E-state index contributed by atoms with van der Waals surface area (Å²) in [6, 6.07) is 16.9. The lowest BCUT2D eigenvalue weighted by molar-refractivity contribution is -0.117. The van der Waals surface area contributed by atoms with Crippen LogP contribution in [0.15, 0.2) is 59.2 Å². The fraction of sp³-hybridized carbons (Fsp3) is 0.105. The molecule has 0 aromatic heterocycles. The van der Waals surface area contributed by atoms with E-state index < -0.39 is 5.91 Å². The number of halogens is 1. The average Bonchev–Trinajstić information content (AvgIpc) is 3.02. The van der Waals surface area contributed by atoms with Crippen molar-refractivity contribution in [2.45, 2.75) is 12.8 Å². The van der Waals surface area contributed by atoms with Gasteiger partial charge in [0.25, 0.3) is 5.91 Å². The van der Waals surface area contributed by atoms with E-state index in [4.69, 9.17) is 11.6 Å². The van der Waals surface area contributed by atoms with Crippen LogP contribution in [0.2, 0.25) is 5.02 Å².